The molecule has 128 valence electrons. The van der Waals surface area contributed by atoms with Crippen molar-refractivity contribution in [2.24, 2.45) is 0 Å². The highest BCUT2D eigenvalue weighted by atomic mass is 16.5. The second kappa shape index (κ2) is 6.84. The lowest BCUT2D eigenvalue weighted by molar-refractivity contribution is 0.112. The standard InChI is InChI=1S/C22H17NO3/c1-15-21(14-25-20-10-6-16(13-24)7-11-20)23-22(26-15)19-9-8-17-4-2-3-5-18(17)12-19/h2-13H,14H2,1H3. The van der Waals surface area contributed by atoms with Crippen LogP contribution < -0.4 is 4.74 Å². The molecule has 0 N–H and O–H groups in total. The van der Waals surface area contributed by atoms with E-state index in [0.29, 0.717) is 23.8 Å². The first kappa shape index (κ1) is 16.1. The van der Waals surface area contributed by atoms with Gasteiger partial charge < -0.3 is 9.15 Å². The van der Waals surface area contributed by atoms with Crippen LogP contribution >= 0.6 is 0 Å². The Morgan fingerprint density at radius 3 is 2.54 bits per heavy atom. The Morgan fingerprint density at radius 2 is 1.77 bits per heavy atom. The zero-order valence-electron chi connectivity index (χ0n) is 14.3. The van der Waals surface area contributed by atoms with Crippen LogP contribution in [0.15, 0.2) is 71.1 Å². The van der Waals surface area contributed by atoms with Crippen molar-refractivity contribution in [1.29, 1.82) is 0 Å². The van der Waals surface area contributed by atoms with Crippen molar-refractivity contribution in [1.82, 2.24) is 4.98 Å². The minimum atomic E-state index is 0.309. The van der Waals surface area contributed by atoms with Gasteiger partial charge in [-0.3, -0.25) is 4.79 Å². The normalized spacial score (nSPS) is 10.8. The largest absolute Gasteiger partial charge is 0.487 e. The fourth-order valence-electron chi connectivity index (χ4n) is 2.80. The fourth-order valence-corrected chi connectivity index (χ4v) is 2.80. The van der Waals surface area contributed by atoms with Crippen molar-refractivity contribution in [2.45, 2.75) is 13.5 Å². The number of nitrogens with zero attached hydrogens (tertiary/aromatic N) is 1. The monoisotopic (exact) mass is 343 g/mol. The third-order valence-electron chi connectivity index (χ3n) is 4.28. The number of rotatable bonds is 5. The zero-order valence-corrected chi connectivity index (χ0v) is 14.3. The van der Waals surface area contributed by atoms with E-state index in [9.17, 15) is 4.79 Å². The first-order valence-corrected chi connectivity index (χ1v) is 8.36. The van der Waals surface area contributed by atoms with E-state index in [2.05, 4.69) is 29.2 Å². The number of carbonyl (C=O) groups is 1. The summed E-state index contributed by atoms with van der Waals surface area (Å²) in [4.78, 5) is 15.3. The second-order valence-corrected chi connectivity index (χ2v) is 6.06. The molecule has 1 heterocycles. The molecule has 4 rings (SSSR count). The van der Waals surface area contributed by atoms with Gasteiger partial charge in [0.2, 0.25) is 5.89 Å². The minimum Gasteiger partial charge on any atom is -0.487 e. The van der Waals surface area contributed by atoms with E-state index in [-0.39, 0.29) is 0 Å². The number of hydrogen-bond acceptors (Lipinski definition) is 4. The van der Waals surface area contributed by atoms with Gasteiger partial charge in [-0.05, 0) is 54.1 Å². The first-order valence-electron chi connectivity index (χ1n) is 8.36. The number of oxazole rings is 1. The molecule has 0 unspecified atom stereocenters. The minimum absolute atomic E-state index is 0.309. The topological polar surface area (TPSA) is 52.3 Å². The van der Waals surface area contributed by atoms with E-state index < -0.39 is 0 Å². The number of ether oxygens (including phenoxy) is 1. The quantitative estimate of drug-likeness (QED) is 0.468. The Balaban J connectivity index is 1.55. The van der Waals surface area contributed by atoms with Gasteiger partial charge in [0.15, 0.2) is 0 Å². The van der Waals surface area contributed by atoms with Crippen molar-refractivity contribution in [3.63, 3.8) is 0 Å². The third-order valence-corrected chi connectivity index (χ3v) is 4.28. The lowest BCUT2D eigenvalue weighted by Gasteiger charge is -2.04. The molecule has 4 aromatic rings. The molecule has 26 heavy (non-hydrogen) atoms. The average Bonchev–Trinajstić information content (AvgIpc) is 3.07. The molecule has 0 radical (unpaired) electrons. The number of aromatic nitrogens is 1. The molecule has 0 atom stereocenters. The molecule has 0 aliphatic carbocycles. The fraction of sp³-hybridized carbons (Fsp3) is 0.0909. The van der Waals surface area contributed by atoms with Crippen LogP contribution in [0.3, 0.4) is 0 Å². The molecular weight excluding hydrogens is 326 g/mol. The van der Waals surface area contributed by atoms with E-state index in [1.807, 2.05) is 25.1 Å². The van der Waals surface area contributed by atoms with Gasteiger partial charge in [0.25, 0.3) is 0 Å². The zero-order chi connectivity index (χ0) is 17.9. The van der Waals surface area contributed by atoms with Crippen molar-refractivity contribution < 1.29 is 13.9 Å². The van der Waals surface area contributed by atoms with Crippen LogP contribution in [0.1, 0.15) is 21.8 Å². The van der Waals surface area contributed by atoms with Gasteiger partial charge in [-0.25, -0.2) is 4.98 Å². The van der Waals surface area contributed by atoms with Crippen LogP contribution in [0.5, 0.6) is 5.75 Å². The predicted molar refractivity (Wildman–Crippen MR) is 100 cm³/mol. The Kier molecular flexibility index (Phi) is 4.23. The molecule has 4 nitrogen and oxygen atoms in total. The van der Waals surface area contributed by atoms with Gasteiger partial charge in [-0.2, -0.15) is 0 Å². The summed E-state index contributed by atoms with van der Waals surface area (Å²) in [6.45, 7) is 2.19. The van der Waals surface area contributed by atoms with E-state index in [0.717, 1.165) is 28.7 Å². The van der Waals surface area contributed by atoms with Crippen LogP contribution in [0.25, 0.3) is 22.2 Å². The third kappa shape index (κ3) is 3.22. The molecule has 3 aromatic carbocycles. The SMILES string of the molecule is Cc1oc(-c2ccc3ccccc3c2)nc1COc1ccc(C=O)cc1. The van der Waals surface area contributed by atoms with Gasteiger partial charge >= 0.3 is 0 Å². The number of aldehydes is 1. The lowest BCUT2D eigenvalue weighted by Crippen LogP contribution is -1.97. The molecule has 0 saturated carbocycles. The Labute approximate surface area is 151 Å². The van der Waals surface area contributed by atoms with Crippen molar-refractivity contribution in [3.8, 4) is 17.2 Å². The Bertz CT molecular complexity index is 1060. The van der Waals surface area contributed by atoms with Gasteiger partial charge in [-0.15, -0.1) is 0 Å². The van der Waals surface area contributed by atoms with Crippen LogP contribution in [0.4, 0.5) is 0 Å². The summed E-state index contributed by atoms with van der Waals surface area (Å²) >= 11 is 0. The van der Waals surface area contributed by atoms with Crippen LogP contribution in [-0.2, 0) is 6.61 Å². The molecule has 0 saturated heterocycles. The number of benzene rings is 3. The van der Waals surface area contributed by atoms with Gasteiger partial charge in [0.1, 0.15) is 30.1 Å². The van der Waals surface area contributed by atoms with Gasteiger partial charge in [0, 0.05) is 11.1 Å². The molecule has 4 heteroatoms. The summed E-state index contributed by atoms with van der Waals surface area (Å²) in [6.07, 6.45) is 0.807. The van der Waals surface area contributed by atoms with E-state index >= 15 is 0 Å². The molecule has 0 amide bonds. The lowest BCUT2D eigenvalue weighted by atomic mass is 10.1. The summed E-state index contributed by atoms with van der Waals surface area (Å²) in [7, 11) is 0. The Hall–Kier alpha value is -3.40. The number of fused-ring (bicyclic) bond motifs is 1. The van der Waals surface area contributed by atoms with Crippen molar-refractivity contribution in [3.05, 3.63) is 83.7 Å². The maximum atomic E-state index is 10.7. The molecule has 0 bridgehead atoms. The molecular formula is C22H17NO3. The summed E-state index contributed by atoms with van der Waals surface area (Å²) in [5.41, 5.74) is 2.31. The average molecular weight is 343 g/mol. The van der Waals surface area contributed by atoms with Crippen molar-refractivity contribution in [2.75, 3.05) is 0 Å². The molecule has 0 spiro atoms. The predicted octanol–water partition coefficient (Wildman–Crippen LogP) is 5.19. The highest BCUT2D eigenvalue weighted by Crippen LogP contribution is 2.26. The van der Waals surface area contributed by atoms with E-state index in [4.69, 9.17) is 9.15 Å². The molecule has 1 aromatic heterocycles. The van der Waals surface area contributed by atoms with Crippen LogP contribution in [0, 0.1) is 6.92 Å². The smallest absolute Gasteiger partial charge is 0.226 e. The number of carbonyl (C=O) groups excluding carboxylic acids is 1. The number of aryl methyl sites for hydroxylation is 1. The van der Waals surface area contributed by atoms with E-state index in [1.165, 1.54) is 5.39 Å². The van der Waals surface area contributed by atoms with Crippen LogP contribution in [-0.4, -0.2) is 11.3 Å². The highest BCUT2D eigenvalue weighted by molar-refractivity contribution is 5.86. The van der Waals surface area contributed by atoms with E-state index in [1.54, 1.807) is 24.3 Å². The first-order chi connectivity index (χ1) is 12.7. The number of hydrogen-bond donors (Lipinski definition) is 0. The molecule has 0 fully saturated rings. The summed E-state index contributed by atoms with van der Waals surface area (Å²) in [5.74, 6) is 2.01. The summed E-state index contributed by atoms with van der Waals surface area (Å²) < 4.78 is 11.6. The molecule has 0 aliphatic heterocycles. The van der Waals surface area contributed by atoms with Gasteiger partial charge in [-0.1, -0.05) is 30.3 Å². The van der Waals surface area contributed by atoms with Crippen molar-refractivity contribution >= 4 is 17.1 Å². The Morgan fingerprint density at radius 1 is 1.00 bits per heavy atom. The summed E-state index contributed by atoms with van der Waals surface area (Å²) in [5, 5.41) is 2.33. The molecule has 0 aliphatic rings. The van der Waals surface area contributed by atoms with Crippen LogP contribution in [0.2, 0.25) is 0 Å². The second-order valence-electron chi connectivity index (χ2n) is 6.06. The highest BCUT2D eigenvalue weighted by Gasteiger charge is 2.12. The van der Waals surface area contributed by atoms with Gasteiger partial charge in [0.05, 0.1) is 0 Å². The maximum absolute atomic E-state index is 10.7. The maximum Gasteiger partial charge on any atom is 0.226 e. The summed E-state index contributed by atoms with van der Waals surface area (Å²) in [6, 6.07) is 21.3.